The van der Waals surface area contributed by atoms with Crippen LogP contribution in [-0.2, 0) is 14.9 Å². The third-order valence-corrected chi connectivity index (χ3v) is 6.01. The molecule has 0 fully saturated rings. The molecule has 3 N–H and O–H groups in total. The van der Waals surface area contributed by atoms with Crippen LogP contribution in [0.2, 0.25) is 5.02 Å². The molecule has 0 bridgehead atoms. The van der Waals surface area contributed by atoms with E-state index < -0.39 is 16.0 Å². The van der Waals surface area contributed by atoms with Crippen LogP contribution in [0.1, 0.15) is 5.56 Å². The molecule has 0 aliphatic carbocycles. The van der Waals surface area contributed by atoms with Gasteiger partial charge in [-0.15, -0.1) is 0 Å². The Morgan fingerprint density at radius 2 is 1.73 bits per heavy atom. The van der Waals surface area contributed by atoms with Crippen LogP contribution in [0.15, 0.2) is 77.7 Å². The lowest BCUT2D eigenvalue weighted by molar-refractivity contribution is -0.111. The molecular formula is C24H16ClN3O4S. The second kappa shape index (κ2) is 8.92. The van der Waals surface area contributed by atoms with Crippen molar-refractivity contribution in [1.82, 2.24) is 4.98 Å². The number of H-pyrrole nitrogens is 1. The molecule has 4 aromatic rings. The number of nitrogens with one attached hydrogen (secondary N) is 2. The Balaban J connectivity index is 1.88. The van der Waals surface area contributed by atoms with Crippen molar-refractivity contribution < 1.29 is 17.8 Å². The zero-order valence-corrected chi connectivity index (χ0v) is 18.5. The van der Waals surface area contributed by atoms with E-state index in [2.05, 4.69) is 10.3 Å². The summed E-state index contributed by atoms with van der Waals surface area (Å²) in [6.07, 6.45) is 1.67. The largest absolute Gasteiger partial charge is 0.353 e. The van der Waals surface area contributed by atoms with E-state index in [-0.39, 0.29) is 10.5 Å². The van der Waals surface area contributed by atoms with Crippen LogP contribution in [0.25, 0.3) is 22.4 Å². The smallest absolute Gasteiger partial charge is 0.294 e. The van der Waals surface area contributed by atoms with Crippen molar-refractivity contribution in [2.75, 3.05) is 5.32 Å². The number of rotatable bonds is 4. The number of nitriles is 1. The second-order valence-corrected chi connectivity index (χ2v) is 8.96. The fourth-order valence-electron chi connectivity index (χ4n) is 3.39. The van der Waals surface area contributed by atoms with Gasteiger partial charge in [0.2, 0.25) is 0 Å². The average Bonchev–Trinajstić information content (AvgIpc) is 3.14. The van der Waals surface area contributed by atoms with Gasteiger partial charge in [-0.2, -0.15) is 13.7 Å². The highest BCUT2D eigenvalue weighted by Crippen LogP contribution is 2.15. The van der Waals surface area contributed by atoms with Gasteiger partial charge in [0.25, 0.3) is 16.0 Å². The highest BCUT2D eigenvalue weighted by molar-refractivity contribution is 7.85. The molecule has 33 heavy (non-hydrogen) atoms. The number of fused-ring (bicyclic) bond motifs is 1. The lowest BCUT2D eigenvalue weighted by Crippen LogP contribution is -2.22. The van der Waals surface area contributed by atoms with E-state index in [4.69, 9.17) is 11.6 Å². The predicted molar refractivity (Wildman–Crippen MR) is 126 cm³/mol. The molecule has 0 radical (unpaired) electrons. The van der Waals surface area contributed by atoms with Gasteiger partial charge in [0.1, 0.15) is 11.6 Å². The Hall–Kier alpha value is -3.90. The number of carbonyl (C=O) groups excluding carboxylic acids is 1. The lowest BCUT2D eigenvalue weighted by Gasteiger charge is -2.03. The minimum Gasteiger partial charge on any atom is -0.353 e. The predicted octanol–water partition coefficient (Wildman–Crippen LogP) is 3.21. The third-order valence-electron chi connectivity index (χ3n) is 4.90. The Bertz CT molecular complexity index is 1650. The first-order chi connectivity index (χ1) is 15.8. The summed E-state index contributed by atoms with van der Waals surface area (Å²) in [6.45, 7) is 0. The molecule has 0 saturated carbocycles. The molecule has 0 unspecified atom stereocenters. The van der Waals surface area contributed by atoms with Gasteiger partial charge in [-0.05, 0) is 48.0 Å². The zero-order chi connectivity index (χ0) is 23.6. The van der Waals surface area contributed by atoms with Crippen LogP contribution < -0.4 is 16.0 Å². The minimum atomic E-state index is -4.35. The molecule has 1 aromatic heterocycles. The summed E-state index contributed by atoms with van der Waals surface area (Å²) in [4.78, 5) is 15.7. The van der Waals surface area contributed by atoms with Crippen LogP contribution in [0.4, 0.5) is 5.69 Å². The monoisotopic (exact) mass is 477 g/mol. The third kappa shape index (κ3) is 4.81. The molecule has 0 spiro atoms. The van der Waals surface area contributed by atoms with E-state index >= 15 is 0 Å². The Morgan fingerprint density at radius 3 is 2.39 bits per heavy atom. The first kappa shape index (κ1) is 22.3. The Labute approximate surface area is 194 Å². The zero-order valence-electron chi connectivity index (χ0n) is 16.9. The van der Waals surface area contributed by atoms with Crippen LogP contribution in [0, 0.1) is 11.3 Å². The van der Waals surface area contributed by atoms with E-state index in [0.29, 0.717) is 32.4 Å². The van der Waals surface area contributed by atoms with E-state index in [1.54, 1.807) is 48.5 Å². The van der Waals surface area contributed by atoms with Crippen molar-refractivity contribution in [1.29, 1.82) is 5.26 Å². The van der Waals surface area contributed by atoms with Crippen molar-refractivity contribution in [2.45, 2.75) is 4.90 Å². The van der Waals surface area contributed by atoms with Crippen molar-refractivity contribution >= 4 is 55.7 Å². The van der Waals surface area contributed by atoms with Crippen molar-refractivity contribution in [2.24, 2.45) is 0 Å². The molecule has 0 aliphatic rings. The van der Waals surface area contributed by atoms with Crippen molar-refractivity contribution in [3.05, 3.63) is 94.1 Å². The number of hydrogen-bond acceptors (Lipinski definition) is 4. The van der Waals surface area contributed by atoms with Gasteiger partial charge in [-0.1, -0.05) is 48.0 Å². The van der Waals surface area contributed by atoms with Crippen LogP contribution in [-0.4, -0.2) is 23.9 Å². The van der Waals surface area contributed by atoms with Gasteiger partial charge in [0.05, 0.1) is 10.2 Å². The lowest BCUT2D eigenvalue weighted by atomic mass is 10.1. The first-order valence-electron chi connectivity index (χ1n) is 9.63. The number of aromatic nitrogens is 1. The second-order valence-electron chi connectivity index (χ2n) is 7.10. The van der Waals surface area contributed by atoms with E-state index in [1.807, 2.05) is 18.2 Å². The van der Waals surface area contributed by atoms with Gasteiger partial charge in [-0.25, -0.2) is 0 Å². The summed E-state index contributed by atoms with van der Waals surface area (Å²) in [5, 5.41) is 15.3. The maximum absolute atomic E-state index is 12.9. The summed E-state index contributed by atoms with van der Waals surface area (Å²) in [6, 6.07) is 21.5. The van der Waals surface area contributed by atoms with Crippen molar-refractivity contribution in [3.8, 4) is 6.07 Å². The number of amides is 1. The number of halogens is 1. The van der Waals surface area contributed by atoms with Gasteiger partial charge in [0.15, 0.2) is 0 Å². The summed E-state index contributed by atoms with van der Waals surface area (Å²) in [5.41, 5.74) is 0.877. The topological polar surface area (TPSA) is 123 Å². The SMILES string of the molecule is N#C/C(C(=O)Nc1ccc(Cl)cc1)=c1/[nH]/c(=C\c2cccc(S(=O)(=O)O)c2)c2ccccc12. The van der Waals surface area contributed by atoms with Gasteiger partial charge in [-0.3, -0.25) is 9.35 Å². The molecule has 0 saturated heterocycles. The van der Waals surface area contributed by atoms with Crippen LogP contribution in [0.5, 0.6) is 0 Å². The molecule has 1 amide bonds. The number of benzene rings is 3. The summed E-state index contributed by atoms with van der Waals surface area (Å²) >= 11 is 5.88. The number of nitrogens with zero attached hydrogens (tertiary/aromatic N) is 1. The molecule has 0 atom stereocenters. The number of carbonyl (C=O) groups is 1. The van der Waals surface area contributed by atoms with E-state index in [9.17, 15) is 23.0 Å². The van der Waals surface area contributed by atoms with Crippen molar-refractivity contribution in [3.63, 3.8) is 0 Å². The molecular weight excluding hydrogens is 462 g/mol. The molecule has 1 heterocycles. The molecule has 3 aromatic carbocycles. The number of aromatic amines is 1. The normalized spacial score (nSPS) is 12.9. The molecule has 0 aliphatic heterocycles. The molecule has 9 heteroatoms. The summed E-state index contributed by atoms with van der Waals surface area (Å²) in [5.74, 6) is -0.591. The maximum atomic E-state index is 12.9. The van der Waals surface area contributed by atoms with Gasteiger partial charge >= 0.3 is 0 Å². The Morgan fingerprint density at radius 1 is 1.03 bits per heavy atom. The first-order valence-corrected chi connectivity index (χ1v) is 11.5. The van der Waals surface area contributed by atoms with Crippen LogP contribution >= 0.6 is 11.6 Å². The van der Waals surface area contributed by atoms with E-state index in [1.165, 1.54) is 18.2 Å². The highest BCUT2D eigenvalue weighted by atomic mass is 35.5. The average molecular weight is 478 g/mol. The standard InChI is InChI=1S/C24H16ClN3O4S/c25-16-8-10-17(11-9-16)27-24(29)21(14-26)23-20-7-2-1-6-19(20)22(28-23)13-15-4-3-5-18(12-15)33(30,31)32/h1-13,28H,(H,27,29)(H,30,31,32)/b22-13-,23-21-. The highest BCUT2D eigenvalue weighted by Gasteiger charge is 2.14. The summed E-state index contributed by atoms with van der Waals surface area (Å²) < 4.78 is 32.3. The van der Waals surface area contributed by atoms with Gasteiger partial charge < -0.3 is 10.3 Å². The number of anilines is 1. The number of hydrogen-bond donors (Lipinski definition) is 3. The fraction of sp³-hybridized carbons (Fsp3) is 0. The van der Waals surface area contributed by atoms with Gasteiger partial charge in [0, 0.05) is 26.8 Å². The minimum absolute atomic E-state index is 0.118. The quantitative estimate of drug-likeness (QED) is 0.389. The fourth-order valence-corrected chi connectivity index (χ4v) is 4.06. The maximum Gasteiger partial charge on any atom is 0.294 e. The van der Waals surface area contributed by atoms with E-state index in [0.717, 1.165) is 5.39 Å². The molecule has 7 nitrogen and oxygen atoms in total. The van der Waals surface area contributed by atoms with Crippen LogP contribution in [0.3, 0.4) is 0 Å². The molecule has 164 valence electrons. The molecule has 4 rings (SSSR count). The summed E-state index contributed by atoms with van der Waals surface area (Å²) in [7, 11) is -4.35. The Kier molecular flexibility index (Phi) is 6.03.